The normalized spacial score (nSPS) is 12.4. The Bertz CT molecular complexity index is 762. The van der Waals surface area contributed by atoms with Gasteiger partial charge < -0.3 is 14.0 Å². The summed E-state index contributed by atoms with van der Waals surface area (Å²) >= 11 is 11.9. The van der Waals surface area contributed by atoms with E-state index in [0.717, 1.165) is 0 Å². The fraction of sp³-hybridized carbons (Fsp3) is 0.533. The molecule has 1 unspecified atom stereocenters. The first-order valence-corrected chi connectivity index (χ1v) is 8.58. The second kappa shape index (κ2) is 8.44. The highest BCUT2D eigenvalue weighted by Gasteiger charge is 2.38. The standard InChI is InChI=1S/C15H18Cl2N4O4/c1-4-8(9(13(22)24-5-2)14(23)25-6-3)21-7-18-10-11(16)19-15(17)20-12(10)21/h7-9H,4-6H2,1-3H3. The average molecular weight is 389 g/mol. The number of halogens is 2. The van der Waals surface area contributed by atoms with Crippen molar-refractivity contribution in [2.24, 2.45) is 5.92 Å². The fourth-order valence-corrected chi connectivity index (χ4v) is 2.99. The van der Waals surface area contributed by atoms with E-state index in [-0.39, 0.29) is 23.7 Å². The van der Waals surface area contributed by atoms with E-state index in [1.807, 2.05) is 6.92 Å². The molecule has 0 spiro atoms. The van der Waals surface area contributed by atoms with E-state index in [2.05, 4.69) is 15.0 Å². The Hall–Kier alpha value is -1.93. The second-order valence-electron chi connectivity index (χ2n) is 5.06. The van der Waals surface area contributed by atoms with Crippen LogP contribution in [0, 0.1) is 5.92 Å². The number of fused-ring (bicyclic) bond motifs is 1. The van der Waals surface area contributed by atoms with Crippen LogP contribution in [0.25, 0.3) is 11.2 Å². The topological polar surface area (TPSA) is 96.2 Å². The van der Waals surface area contributed by atoms with E-state index in [4.69, 9.17) is 32.7 Å². The molecular formula is C15H18Cl2N4O4. The molecule has 0 amide bonds. The Balaban J connectivity index is 2.54. The zero-order chi connectivity index (χ0) is 18.6. The van der Waals surface area contributed by atoms with Crippen molar-refractivity contribution in [1.82, 2.24) is 19.5 Å². The Morgan fingerprint density at radius 2 is 1.72 bits per heavy atom. The lowest BCUT2D eigenvalue weighted by Crippen LogP contribution is -2.35. The fourth-order valence-electron chi connectivity index (χ4n) is 2.57. The predicted octanol–water partition coefficient (Wildman–Crippen LogP) is 2.83. The van der Waals surface area contributed by atoms with Crippen LogP contribution >= 0.6 is 23.2 Å². The molecule has 2 heterocycles. The van der Waals surface area contributed by atoms with Crippen molar-refractivity contribution in [3.8, 4) is 0 Å². The van der Waals surface area contributed by atoms with E-state index in [1.165, 1.54) is 6.33 Å². The zero-order valence-electron chi connectivity index (χ0n) is 14.0. The van der Waals surface area contributed by atoms with Crippen molar-refractivity contribution in [3.05, 3.63) is 16.8 Å². The SMILES string of the molecule is CCOC(=O)C(C(=O)OCC)C(CC)n1cnc2c(Cl)nc(Cl)nc21. The molecular weight excluding hydrogens is 371 g/mol. The Kier molecular flexibility index (Phi) is 6.55. The molecule has 2 aromatic rings. The van der Waals surface area contributed by atoms with Gasteiger partial charge in [0.25, 0.3) is 0 Å². The Morgan fingerprint density at radius 3 is 2.24 bits per heavy atom. The van der Waals surface area contributed by atoms with Crippen molar-refractivity contribution < 1.29 is 19.1 Å². The number of esters is 2. The third kappa shape index (κ3) is 4.01. The molecule has 0 saturated heterocycles. The van der Waals surface area contributed by atoms with Gasteiger partial charge in [-0.3, -0.25) is 9.59 Å². The van der Waals surface area contributed by atoms with E-state index < -0.39 is 23.9 Å². The first-order chi connectivity index (χ1) is 11.9. The van der Waals surface area contributed by atoms with E-state index >= 15 is 0 Å². The largest absolute Gasteiger partial charge is 0.465 e. The summed E-state index contributed by atoms with van der Waals surface area (Å²) in [7, 11) is 0. The van der Waals surface area contributed by atoms with Gasteiger partial charge >= 0.3 is 11.9 Å². The quantitative estimate of drug-likeness (QED) is 0.311. The molecule has 0 fully saturated rings. The maximum Gasteiger partial charge on any atom is 0.322 e. The van der Waals surface area contributed by atoms with Crippen molar-refractivity contribution >= 4 is 46.3 Å². The molecule has 0 aliphatic rings. The van der Waals surface area contributed by atoms with Crippen LogP contribution in [-0.4, -0.2) is 44.7 Å². The average Bonchev–Trinajstić information content (AvgIpc) is 2.96. The molecule has 0 aliphatic heterocycles. The minimum Gasteiger partial charge on any atom is -0.465 e. The maximum atomic E-state index is 12.4. The minimum absolute atomic E-state index is 0.0575. The first kappa shape index (κ1) is 19.4. The second-order valence-corrected chi connectivity index (χ2v) is 5.76. The predicted molar refractivity (Wildman–Crippen MR) is 91.4 cm³/mol. The van der Waals surface area contributed by atoms with Crippen LogP contribution in [0.2, 0.25) is 10.4 Å². The summed E-state index contributed by atoms with van der Waals surface area (Å²) in [5.74, 6) is -2.49. The lowest BCUT2D eigenvalue weighted by Gasteiger charge is -2.24. The summed E-state index contributed by atoms with van der Waals surface area (Å²) in [5.41, 5.74) is 0.659. The first-order valence-electron chi connectivity index (χ1n) is 7.83. The molecule has 2 rings (SSSR count). The minimum atomic E-state index is -1.16. The smallest absolute Gasteiger partial charge is 0.322 e. The third-order valence-electron chi connectivity index (χ3n) is 3.59. The van der Waals surface area contributed by atoms with Crippen molar-refractivity contribution in [2.75, 3.05) is 13.2 Å². The van der Waals surface area contributed by atoms with Crippen LogP contribution < -0.4 is 0 Å². The summed E-state index contributed by atoms with van der Waals surface area (Å²) in [6.45, 7) is 5.46. The molecule has 0 bridgehead atoms. The molecule has 8 nitrogen and oxygen atoms in total. The number of hydrogen-bond donors (Lipinski definition) is 0. The number of imidazole rings is 1. The van der Waals surface area contributed by atoms with Gasteiger partial charge in [0.15, 0.2) is 16.7 Å². The van der Waals surface area contributed by atoms with Crippen molar-refractivity contribution in [1.29, 1.82) is 0 Å². The highest BCUT2D eigenvalue weighted by atomic mass is 35.5. The summed E-state index contributed by atoms with van der Waals surface area (Å²) in [5, 5.41) is 0.0327. The van der Waals surface area contributed by atoms with Crippen LogP contribution in [0.15, 0.2) is 6.33 Å². The molecule has 25 heavy (non-hydrogen) atoms. The molecule has 2 aromatic heterocycles. The highest BCUT2D eigenvalue weighted by Crippen LogP contribution is 2.30. The number of carbonyl (C=O) groups is 2. The monoisotopic (exact) mass is 388 g/mol. The summed E-state index contributed by atoms with van der Waals surface area (Å²) in [6, 6.07) is -0.620. The van der Waals surface area contributed by atoms with Crippen LogP contribution in [-0.2, 0) is 19.1 Å². The number of aromatic nitrogens is 4. The molecule has 1 atom stereocenters. The molecule has 10 heteroatoms. The van der Waals surface area contributed by atoms with Crippen molar-refractivity contribution in [2.45, 2.75) is 33.2 Å². The van der Waals surface area contributed by atoms with Crippen LogP contribution in [0.1, 0.15) is 33.2 Å². The molecule has 0 aliphatic carbocycles. The van der Waals surface area contributed by atoms with E-state index in [9.17, 15) is 9.59 Å². The lowest BCUT2D eigenvalue weighted by atomic mass is 9.97. The number of rotatable bonds is 7. The Morgan fingerprint density at radius 1 is 1.12 bits per heavy atom. The lowest BCUT2D eigenvalue weighted by molar-refractivity contribution is -0.164. The van der Waals surface area contributed by atoms with Crippen LogP contribution in [0.3, 0.4) is 0 Å². The van der Waals surface area contributed by atoms with Crippen LogP contribution in [0.5, 0.6) is 0 Å². The Labute approximate surface area is 154 Å². The zero-order valence-corrected chi connectivity index (χ0v) is 15.5. The van der Waals surface area contributed by atoms with Gasteiger partial charge in [0.1, 0.15) is 5.52 Å². The van der Waals surface area contributed by atoms with Gasteiger partial charge in [-0.2, -0.15) is 4.98 Å². The summed E-state index contributed by atoms with van der Waals surface area (Å²) in [6.07, 6.45) is 1.87. The van der Waals surface area contributed by atoms with E-state index in [1.54, 1.807) is 18.4 Å². The number of ether oxygens (including phenoxy) is 2. The number of nitrogens with zero attached hydrogens (tertiary/aromatic N) is 4. The van der Waals surface area contributed by atoms with Crippen molar-refractivity contribution in [3.63, 3.8) is 0 Å². The van der Waals surface area contributed by atoms with Gasteiger partial charge in [0.05, 0.1) is 25.6 Å². The van der Waals surface area contributed by atoms with Gasteiger partial charge in [0, 0.05) is 0 Å². The van der Waals surface area contributed by atoms with Gasteiger partial charge in [-0.15, -0.1) is 0 Å². The summed E-state index contributed by atoms with van der Waals surface area (Å²) in [4.78, 5) is 36.9. The molecule has 0 radical (unpaired) electrons. The van der Waals surface area contributed by atoms with Gasteiger partial charge in [-0.25, -0.2) is 9.97 Å². The molecule has 0 aromatic carbocycles. The molecule has 0 N–H and O–H groups in total. The van der Waals surface area contributed by atoms with E-state index in [0.29, 0.717) is 17.6 Å². The third-order valence-corrected chi connectivity index (χ3v) is 4.03. The van der Waals surface area contributed by atoms with Gasteiger partial charge in [-0.05, 0) is 31.9 Å². The summed E-state index contributed by atoms with van der Waals surface area (Å²) < 4.78 is 11.7. The number of carbonyl (C=O) groups excluding carboxylic acids is 2. The van der Waals surface area contributed by atoms with Gasteiger partial charge in [0.2, 0.25) is 5.28 Å². The van der Waals surface area contributed by atoms with Crippen LogP contribution in [0.4, 0.5) is 0 Å². The molecule has 136 valence electrons. The highest BCUT2D eigenvalue weighted by molar-refractivity contribution is 6.35. The maximum absolute atomic E-state index is 12.4. The van der Waals surface area contributed by atoms with Gasteiger partial charge in [-0.1, -0.05) is 18.5 Å². The number of hydrogen-bond acceptors (Lipinski definition) is 7. The molecule has 0 saturated carbocycles.